The summed E-state index contributed by atoms with van der Waals surface area (Å²) in [6.45, 7) is 0.219. The zero-order valence-electron chi connectivity index (χ0n) is 17.9. The Hall–Kier alpha value is -4.40. The van der Waals surface area contributed by atoms with Crippen LogP contribution in [0.5, 0.6) is 23.1 Å². The lowest BCUT2D eigenvalue weighted by atomic mass is 10.1. The number of halogens is 1. The number of hydrogen-bond acceptors (Lipinski definition) is 7. The number of carbonyl (C=O) groups is 1. The SMILES string of the molecule is COc1ccc(OC)c(-c2cc(C(=O)NCc3ccc(Oc4cccc(F)c4)nc3)no2)c1. The normalized spacial score (nSPS) is 10.5. The second-order valence-corrected chi connectivity index (χ2v) is 6.89. The Labute approximate surface area is 188 Å². The van der Waals surface area contributed by atoms with Crippen LogP contribution in [-0.2, 0) is 6.54 Å². The highest BCUT2D eigenvalue weighted by Gasteiger charge is 2.17. The minimum Gasteiger partial charge on any atom is -0.497 e. The summed E-state index contributed by atoms with van der Waals surface area (Å²) in [7, 11) is 3.09. The van der Waals surface area contributed by atoms with E-state index in [2.05, 4.69) is 15.5 Å². The number of rotatable bonds is 8. The molecule has 33 heavy (non-hydrogen) atoms. The molecule has 0 aliphatic rings. The molecule has 0 bridgehead atoms. The summed E-state index contributed by atoms with van der Waals surface area (Å²) < 4.78 is 34.7. The largest absolute Gasteiger partial charge is 0.497 e. The molecule has 2 aromatic heterocycles. The average molecular weight is 449 g/mol. The van der Waals surface area contributed by atoms with Crippen molar-refractivity contribution >= 4 is 5.91 Å². The lowest BCUT2D eigenvalue weighted by Gasteiger charge is -2.07. The van der Waals surface area contributed by atoms with Crippen LogP contribution in [0.15, 0.2) is 71.4 Å². The van der Waals surface area contributed by atoms with E-state index in [0.717, 1.165) is 5.56 Å². The molecular weight excluding hydrogens is 429 g/mol. The Bertz CT molecular complexity index is 1260. The highest BCUT2D eigenvalue weighted by Crippen LogP contribution is 2.33. The fraction of sp³-hybridized carbons (Fsp3) is 0.125. The summed E-state index contributed by atoms with van der Waals surface area (Å²) in [5.41, 5.74) is 1.48. The van der Waals surface area contributed by atoms with Crippen LogP contribution in [0.3, 0.4) is 0 Å². The van der Waals surface area contributed by atoms with Gasteiger partial charge in [-0.1, -0.05) is 17.3 Å². The van der Waals surface area contributed by atoms with Gasteiger partial charge in [0.15, 0.2) is 11.5 Å². The summed E-state index contributed by atoms with van der Waals surface area (Å²) >= 11 is 0. The molecule has 1 N–H and O–H groups in total. The van der Waals surface area contributed by atoms with Gasteiger partial charge < -0.3 is 24.1 Å². The smallest absolute Gasteiger partial charge is 0.273 e. The number of pyridine rings is 1. The van der Waals surface area contributed by atoms with Crippen LogP contribution in [-0.4, -0.2) is 30.3 Å². The summed E-state index contributed by atoms with van der Waals surface area (Å²) in [6.07, 6.45) is 1.56. The van der Waals surface area contributed by atoms with E-state index < -0.39 is 11.7 Å². The number of ether oxygens (including phenoxy) is 3. The van der Waals surface area contributed by atoms with Crippen molar-refractivity contribution < 1.29 is 27.9 Å². The molecule has 8 nitrogen and oxygen atoms in total. The van der Waals surface area contributed by atoms with Gasteiger partial charge in [-0.25, -0.2) is 9.37 Å². The molecule has 1 amide bonds. The van der Waals surface area contributed by atoms with E-state index >= 15 is 0 Å². The highest BCUT2D eigenvalue weighted by molar-refractivity contribution is 5.93. The van der Waals surface area contributed by atoms with E-state index in [4.69, 9.17) is 18.7 Å². The number of methoxy groups -OCH3 is 2. The van der Waals surface area contributed by atoms with Gasteiger partial charge in [0.05, 0.1) is 19.8 Å². The number of hydrogen-bond donors (Lipinski definition) is 1. The topological polar surface area (TPSA) is 95.7 Å². The lowest BCUT2D eigenvalue weighted by Crippen LogP contribution is -2.23. The molecule has 4 rings (SSSR count). The lowest BCUT2D eigenvalue weighted by molar-refractivity contribution is 0.0942. The molecule has 9 heteroatoms. The first-order valence-electron chi connectivity index (χ1n) is 9.91. The van der Waals surface area contributed by atoms with Crippen molar-refractivity contribution in [2.24, 2.45) is 0 Å². The van der Waals surface area contributed by atoms with Gasteiger partial charge in [0.1, 0.15) is 23.1 Å². The van der Waals surface area contributed by atoms with Crippen molar-refractivity contribution in [3.05, 3.63) is 83.9 Å². The quantitative estimate of drug-likeness (QED) is 0.419. The van der Waals surface area contributed by atoms with Crippen LogP contribution >= 0.6 is 0 Å². The van der Waals surface area contributed by atoms with Crippen molar-refractivity contribution in [3.8, 4) is 34.5 Å². The maximum absolute atomic E-state index is 13.3. The Kier molecular flexibility index (Phi) is 6.49. The van der Waals surface area contributed by atoms with E-state index in [1.807, 2.05) is 0 Å². The Morgan fingerprint density at radius 1 is 1.03 bits per heavy atom. The second-order valence-electron chi connectivity index (χ2n) is 6.89. The van der Waals surface area contributed by atoms with Gasteiger partial charge in [-0.05, 0) is 35.9 Å². The van der Waals surface area contributed by atoms with Gasteiger partial charge in [-0.15, -0.1) is 0 Å². The molecule has 0 saturated carbocycles. The van der Waals surface area contributed by atoms with Gasteiger partial charge in [0.25, 0.3) is 5.91 Å². The number of benzene rings is 2. The summed E-state index contributed by atoms with van der Waals surface area (Å²) in [4.78, 5) is 16.7. The monoisotopic (exact) mass is 449 g/mol. The zero-order chi connectivity index (χ0) is 23.2. The molecule has 168 valence electrons. The van der Waals surface area contributed by atoms with Crippen LogP contribution in [0.2, 0.25) is 0 Å². The molecule has 0 fully saturated rings. The fourth-order valence-electron chi connectivity index (χ4n) is 3.02. The molecule has 0 atom stereocenters. The maximum atomic E-state index is 13.3. The van der Waals surface area contributed by atoms with Crippen molar-refractivity contribution in [2.75, 3.05) is 14.2 Å². The Morgan fingerprint density at radius 3 is 2.64 bits per heavy atom. The Morgan fingerprint density at radius 2 is 1.91 bits per heavy atom. The van der Waals surface area contributed by atoms with Gasteiger partial charge in [0, 0.05) is 30.9 Å². The van der Waals surface area contributed by atoms with Crippen LogP contribution in [0, 0.1) is 5.82 Å². The van der Waals surface area contributed by atoms with Crippen molar-refractivity contribution in [2.45, 2.75) is 6.54 Å². The molecule has 0 aliphatic carbocycles. The zero-order valence-corrected chi connectivity index (χ0v) is 17.9. The molecule has 0 aliphatic heterocycles. The third kappa shape index (κ3) is 5.27. The minimum atomic E-state index is -0.410. The Balaban J connectivity index is 1.38. The van der Waals surface area contributed by atoms with Crippen LogP contribution in [0.25, 0.3) is 11.3 Å². The molecule has 0 radical (unpaired) electrons. The molecule has 2 aromatic carbocycles. The minimum absolute atomic E-state index is 0.119. The first-order chi connectivity index (χ1) is 16.1. The molecule has 0 spiro atoms. The average Bonchev–Trinajstić information content (AvgIpc) is 3.33. The summed E-state index contributed by atoms with van der Waals surface area (Å²) in [5.74, 6) is 1.40. The molecule has 4 aromatic rings. The molecule has 0 unspecified atom stereocenters. The van der Waals surface area contributed by atoms with E-state index in [-0.39, 0.29) is 12.2 Å². The van der Waals surface area contributed by atoms with Crippen LogP contribution < -0.4 is 19.5 Å². The van der Waals surface area contributed by atoms with E-state index in [1.165, 1.54) is 25.3 Å². The van der Waals surface area contributed by atoms with Crippen molar-refractivity contribution in [3.63, 3.8) is 0 Å². The predicted molar refractivity (Wildman–Crippen MR) is 117 cm³/mol. The molecular formula is C24H20FN3O5. The van der Waals surface area contributed by atoms with Crippen molar-refractivity contribution in [1.82, 2.24) is 15.5 Å². The third-order valence-corrected chi connectivity index (χ3v) is 4.68. The first kappa shape index (κ1) is 21.8. The molecule has 0 saturated heterocycles. The standard InChI is InChI=1S/C24H20FN3O5/c1-30-17-7-8-21(31-2)19(11-17)22-12-20(28-33-22)24(29)27-14-15-6-9-23(26-13-15)32-18-5-3-4-16(25)10-18/h3-13H,14H2,1-2H3,(H,27,29). The highest BCUT2D eigenvalue weighted by atomic mass is 19.1. The predicted octanol–water partition coefficient (Wildman–Crippen LogP) is 4.62. The van der Waals surface area contributed by atoms with Crippen LogP contribution in [0.4, 0.5) is 4.39 Å². The van der Waals surface area contributed by atoms with Gasteiger partial charge in [-0.2, -0.15) is 0 Å². The third-order valence-electron chi connectivity index (χ3n) is 4.68. The van der Waals surface area contributed by atoms with E-state index in [1.54, 1.807) is 55.8 Å². The number of nitrogens with zero attached hydrogens (tertiary/aromatic N) is 2. The van der Waals surface area contributed by atoms with Crippen molar-refractivity contribution in [1.29, 1.82) is 0 Å². The van der Waals surface area contributed by atoms with Crippen LogP contribution in [0.1, 0.15) is 16.1 Å². The van der Waals surface area contributed by atoms with Gasteiger partial charge in [0.2, 0.25) is 5.88 Å². The summed E-state index contributed by atoms with van der Waals surface area (Å²) in [5, 5.41) is 6.61. The number of nitrogens with one attached hydrogen (secondary N) is 1. The van der Waals surface area contributed by atoms with Gasteiger partial charge in [-0.3, -0.25) is 4.79 Å². The number of aromatic nitrogens is 2. The van der Waals surface area contributed by atoms with E-state index in [9.17, 15) is 9.18 Å². The summed E-state index contributed by atoms with van der Waals surface area (Å²) in [6, 6.07) is 15.9. The van der Waals surface area contributed by atoms with Gasteiger partial charge >= 0.3 is 0 Å². The number of amides is 1. The number of carbonyl (C=O) groups excluding carboxylic acids is 1. The van der Waals surface area contributed by atoms with E-state index in [0.29, 0.717) is 34.5 Å². The second kappa shape index (κ2) is 9.82. The maximum Gasteiger partial charge on any atom is 0.273 e. The first-order valence-corrected chi connectivity index (χ1v) is 9.91. The molecule has 2 heterocycles. The fourth-order valence-corrected chi connectivity index (χ4v) is 3.02.